The zero-order chi connectivity index (χ0) is 20.2. The lowest BCUT2D eigenvalue weighted by molar-refractivity contribution is -0.132. The molecular formula is C20H29NO5. The second kappa shape index (κ2) is 8.64. The zero-order valence-corrected chi connectivity index (χ0v) is 16.4. The van der Waals surface area contributed by atoms with Crippen molar-refractivity contribution in [3.63, 3.8) is 0 Å². The molecule has 0 bridgehead atoms. The van der Waals surface area contributed by atoms with Crippen LogP contribution in [0.2, 0.25) is 0 Å². The van der Waals surface area contributed by atoms with Gasteiger partial charge in [-0.3, -0.25) is 9.59 Å². The number of carbonyl (C=O) groups is 2. The molecule has 0 saturated carbocycles. The van der Waals surface area contributed by atoms with Gasteiger partial charge >= 0.3 is 0 Å². The van der Waals surface area contributed by atoms with Crippen molar-refractivity contribution >= 4 is 11.6 Å². The van der Waals surface area contributed by atoms with E-state index in [1.165, 1.54) is 0 Å². The van der Waals surface area contributed by atoms with Crippen molar-refractivity contribution in [3.05, 3.63) is 39.5 Å². The molecule has 0 heterocycles. The maximum atomic E-state index is 12.9. The molecule has 0 spiro atoms. The average Bonchev–Trinajstić information content (AvgIpc) is 2.77. The molecule has 0 unspecified atom stereocenters. The minimum Gasteiger partial charge on any atom is -0.389 e. The Labute approximate surface area is 154 Å². The smallest absolute Gasteiger partial charge is 0.175 e. The Kier molecular flexibility index (Phi) is 7.35. The summed E-state index contributed by atoms with van der Waals surface area (Å²) in [7, 11) is 0. The third-order valence-corrected chi connectivity index (χ3v) is 4.59. The van der Waals surface area contributed by atoms with Gasteiger partial charge < -0.3 is 10.2 Å². The monoisotopic (exact) mass is 363 g/mol. The van der Waals surface area contributed by atoms with Crippen LogP contribution in [0.25, 0.3) is 0 Å². The van der Waals surface area contributed by atoms with Crippen LogP contribution in [0.4, 0.5) is 0 Å². The van der Waals surface area contributed by atoms with Gasteiger partial charge in [0.05, 0.1) is 17.6 Å². The number of allylic oxidation sites excluding steroid dienone is 4. The fourth-order valence-electron chi connectivity index (χ4n) is 3.06. The van der Waals surface area contributed by atoms with E-state index in [2.05, 4.69) is 5.18 Å². The number of Topliss-reactive ketones (excluding diaryl/α,β-unsaturated/α-hetero) is 2. The second-order valence-corrected chi connectivity index (χ2v) is 7.63. The number of aliphatic hydroxyl groups excluding tert-OH is 1. The van der Waals surface area contributed by atoms with E-state index >= 15 is 0 Å². The number of nitrogens with zero attached hydrogens (tertiary/aromatic N) is 1. The number of hydrogen-bond acceptors (Lipinski definition) is 6. The molecule has 0 fully saturated rings. The number of aliphatic hydroxyl groups is 2. The van der Waals surface area contributed by atoms with Crippen molar-refractivity contribution in [2.75, 3.05) is 0 Å². The molecule has 3 atom stereocenters. The van der Waals surface area contributed by atoms with E-state index in [1.807, 2.05) is 27.7 Å². The lowest BCUT2D eigenvalue weighted by Gasteiger charge is -2.33. The molecular weight excluding hydrogens is 334 g/mol. The molecule has 1 aliphatic carbocycles. The predicted octanol–water partition coefficient (Wildman–Crippen LogP) is 3.24. The maximum Gasteiger partial charge on any atom is 0.175 e. The minimum atomic E-state index is -2.18. The van der Waals surface area contributed by atoms with Crippen LogP contribution in [0.1, 0.15) is 54.4 Å². The first kappa shape index (κ1) is 22.1. The summed E-state index contributed by atoms with van der Waals surface area (Å²) in [6, 6.07) is 0. The van der Waals surface area contributed by atoms with Gasteiger partial charge in [-0.05, 0) is 45.7 Å². The van der Waals surface area contributed by atoms with E-state index in [0.717, 1.165) is 11.1 Å². The topological polar surface area (TPSA) is 104 Å². The van der Waals surface area contributed by atoms with Crippen molar-refractivity contribution in [3.8, 4) is 0 Å². The Morgan fingerprint density at radius 2 is 1.73 bits per heavy atom. The van der Waals surface area contributed by atoms with Crippen molar-refractivity contribution in [2.45, 2.75) is 66.1 Å². The number of nitroso groups, excluding NO2 is 1. The van der Waals surface area contributed by atoms with Gasteiger partial charge in [0.1, 0.15) is 11.3 Å². The van der Waals surface area contributed by atoms with Crippen LogP contribution >= 0.6 is 0 Å². The van der Waals surface area contributed by atoms with E-state index in [-0.39, 0.29) is 18.4 Å². The third kappa shape index (κ3) is 4.24. The summed E-state index contributed by atoms with van der Waals surface area (Å²) in [5.74, 6) is -2.83. The van der Waals surface area contributed by atoms with Gasteiger partial charge in [0.2, 0.25) is 0 Å². The van der Waals surface area contributed by atoms with E-state index in [0.29, 0.717) is 0 Å². The Morgan fingerprint density at radius 1 is 1.19 bits per heavy atom. The summed E-state index contributed by atoms with van der Waals surface area (Å²) in [4.78, 5) is 36.9. The van der Waals surface area contributed by atoms with Crippen LogP contribution < -0.4 is 0 Å². The van der Waals surface area contributed by atoms with E-state index in [4.69, 9.17) is 0 Å². The molecule has 26 heavy (non-hydrogen) atoms. The van der Waals surface area contributed by atoms with Crippen molar-refractivity contribution in [2.24, 2.45) is 17.0 Å². The van der Waals surface area contributed by atoms with Crippen molar-refractivity contribution < 1.29 is 19.8 Å². The van der Waals surface area contributed by atoms with Crippen molar-refractivity contribution in [1.29, 1.82) is 0 Å². The summed E-state index contributed by atoms with van der Waals surface area (Å²) in [5.41, 5.74) is -1.26. The van der Waals surface area contributed by atoms with Gasteiger partial charge in [-0.25, -0.2) is 0 Å². The van der Waals surface area contributed by atoms with Gasteiger partial charge in [0.15, 0.2) is 11.6 Å². The molecule has 144 valence electrons. The van der Waals surface area contributed by atoms with Crippen LogP contribution in [0.5, 0.6) is 0 Å². The van der Waals surface area contributed by atoms with Gasteiger partial charge in [-0.15, -0.1) is 4.91 Å². The lowest BCUT2D eigenvalue weighted by Crippen LogP contribution is -2.49. The molecule has 1 aliphatic rings. The summed E-state index contributed by atoms with van der Waals surface area (Å²) >= 11 is 0. The summed E-state index contributed by atoms with van der Waals surface area (Å²) in [5, 5.41) is 24.7. The normalized spacial score (nSPS) is 23.9. The highest BCUT2D eigenvalue weighted by molar-refractivity contribution is 6.24. The third-order valence-electron chi connectivity index (χ3n) is 4.59. The number of carbonyl (C=O) groups excluding carboxylic acids is 2. The Balaban J connectivity index is 3.55. The molecule has 1 rings (SSSR count). The van der Waals surface area contributed by atoms with Crippen LogP contribution in [-0.2, 0) is 9.59 Å². The molecule has 0 aliphatic heterocycles. The standard InChI is InChI=1S/C20H29NO5/c1-11(2)7-9-14-18(24)16(17(23)13(5)6)19(21-26)20(14,25)15(22)10-8-12(3)4/h7-8,13-15,22,25H,9-10H2,1-6H3/t14-,15+,20-/m1/s1. The molecule has 0 saturated heterocycles. The zero-order valence-electron chi connectivity index (χ0n) is 16.4. The first-order chi connectivity index (χ1) is 12.0. The largest absolute Gasteiger partial charge is 0.389 e. The molecule has 0 aromatic rings. The van der Waals surface area contributed by atoms with Crippen molar-refractivity contribution in [1.82, 2.24) is 0 Å². The first-order valence-corrected chi connectivity index (χ1v) is 8.82. The van der Waals surface area contributed by atoms with Crippen LogP contribution in [0, 0.1) is 16.7 Å². The number of rotatable bonds is 8. The SMILES string of the molecule is CC(C)=CC[C@@H]1C(=O)C(C(=O)C(C)C)=C(N=O)[C@]1(O)[C@@H](O)CC=C(C)C. The average molecular weight is 363 g/mol. The first-order valence-electron chi connectivity index (χ1n) is 8.82. The fraction of sp³-hybridized carbons (Fsp3) is 0.600. The molecule has 6 heteroatoms. The van der Waals surface area contributed by atoms with Crippen LogP contribution in [0.3, 0.4) is 0 Å². The molecule has 0 amide bonds. The molecule has 0 radical (unpaired) electrons. The highest BCUT2D eigenvalue weighted by atomic mass is 16.3. The molecule has 2 N–H and O–H groups in total. The number of ketones is 2. The van der Waals surface area contributed by atoms with Gasteiger partial charge in [0, 0.05) is 5.92 Å². The van der Waals surface area contributed by atoms with Crippen LogP contribution in [-0.4, -0.2) is 33.5 Å². The lowest BCUT2D eigenvalue weighted by atomic mass is 9.79. The summed E-state index contributed by atoms with van der Waals surface area (Å²) in [6.07, 6.45) is 2.17. The van der Waals surface area contributed by atoms with E-state index < -0.39 is 40.8 Å². The Bertz CT molecular complexity index is 678. The molecule has 0 aromatic carbocycles. The van der Waals surface area contributed by atoms with Gasteiger partial charge in [-0.1, -0.05) is 37.1 Å². The molecule has 0 aromatic heterocycles. The quantitative estimate of drug-likeness (QED) is 0.391. The maximum absolute atomic E-state index is 12.9. The van der Waals surface area contributed by atoms with E-state index in [9.17, 15) is 24.7 Å². The van der Waals surface area contributed by atoms with Gasteiger partial charge in [-0.2, -0.15) is 0 Å². The van der Waals surface area contributed by atoms with E-state index in [1.54, 1.807) is 26.0 Å². The summed E-state index contributed by atoms with van der Waals surface area (Å²) < 4.78 is 0. The highest BCUT2D eigenvalue weighted by Crippen LogP contribution is 2.45. The highest BCUT2D eigenvalue weighted by Gasteiger charge is 2.58. The Hall–Kier alpha value is -1.92. The Morgan fingerprint density at radius 3 is 2.15 bits per heavy atom. The van der Waals surface area contributed by atoms with Gasteiger partial charge in [0.25, 0.3) is 0 Å². The fourth-order valence-corrected chi connectivity index (χ4v) is 3.06. The predicted molar refractivity (Wildman–Crippen MR) is 100 cm³/mol. The summed E-state index contributed by atoms with van der Waals surface area (Å²) in [6.45, 7) is 10.6. The number of hydrogen-bond donors (Lipinski definition) is 2. The van der Waals surface area contributed by atoms with Crippen LogP contribution in [0.15, 0.2) is 39.7 Å². The minimum absolute atomic E-state index is 0.0413. The second-order valence-electron chi connectivity index (χ2n) is 7.63. The molecule has 6 nitrogen and oxygen atoms in total.